The van der Waals surface area contributed by atoms with E-state index in [-0.39, 0.29) is 22.5 Å². The molecule has 0 aliphatic carbocycles. The van der Waals surface area contributed by atoms with Crippen LogP contribution >= 0.6 is 0 Å². The zero-order chi connectivity index (χ0) is 23.4. The fraction of sp³-hybridized carbons (Fsp3) is 0.118. The number of nitrogens with zero attached hydrogens (tertiary/aromatic N) is 2. The van der Waals surface area contributed by atoms with Crippen molar-refractivity contribution in [2.24, 2.45) is 0 Å². The van der Waals surface area contributed by atoms with Gasteiger partial charge in [0, 0.05) is 17.1 Å². The van der Waals surface area contributed by atoms with Gasteiger partial charge in [-0.05, 0) is 42.5 Å². The molecule has 170 valence electrons. The normalized spacial score (nSPS) is 11.8. The molecule has 0 fully saturated rings. The molecule has 0 atom stereocenters. The summed E-state index contributed by atoms with van der Waals surface area (Å²) in [4.78, 5) is 22.0. The van der Waals surface area contributed by atoms with E-state index in [2.05, 4.69) is 29.8 Å². The molecule has 0 saturated carbocycles. The Morgan fingerprint density at radius 2 is 1.72 bits per heavy atom. The third kappa shape index (κ3) is 6.74. The van der Waals surface area contributed by atoms with Crippen LogP contribution in [0.3, 0.4) is 0 Å². The molecule has 0 amide bonds. The number of H-pyrrole nitrogens is 1. The quantitative estimate of drug-likeness (QED) is 0.212. The van der Waals surface area contributed by atoms with E-state index in [4.69, 9.17) is 10.3 Å². The van der Waals surface area contributed by atoms with Crippen molar-refractivity contribution >= 4 is 49.2 Å². The van der Waals surface area contributed by atoms with Crippen molar-refractivity contribution in [1.29, 1.82) is 0 Å². The van der Waals surface area contributed by atoms with Gasteiger partial charge < -0.3 is 16.4 Å². The minimum atomic E-state index is -4.75. The first-order valence-electron chi connectivity index (χ1n) is 8.83. The van der Waals surface area contributed by atoms with Gasteiger partial charge in [-0.3, -0.25) is 9.54 Å². The van der Waals surface area contributed by atoms with Crippen molar-refractivity contribution in [2.45, 2.75) is 4.90 Å². The smallest absolute Gasteiger partial charge is 0.397 e. The number of benzene rings is 2. The van der Waals surface area contributed by atoms with E-state index in [0.29, 0.717) is 11.4 Å². The maximum atomic E-state index is 12.4. The average molecular weight is 483 g/mol. The lowest BCUT2D eigenvalue weighted by atomic mass is 10.3. The highest BCUT2D eigenvalue weighted by Gasteiger charge is 2.17. The molecule has 6 N–H and O–H groups in total. The Balaban J connectivity index is 1.77. The van der Waals surface area contributed by atoms with Gasteiger partial charge in [-0.25, -0.2) is 17.4 Å². The van der Waals surface area contributed by atoms with Gasteiger partial charge in [0.05, 0.1) is 17.3 Å². The second kappa shape index (κ2) is 9.31. The molecule has 1 aromatic heterocycles. The first-order valence-corrected chi connectivity index (χ1v) is 11.8. The van der Waals surface area contributed by atoms with E-state index in [1.165, 1.54) is 24.3 Å². The number of hydrogen-bond acceptors (Lipinski definition) is 11. The van der Waals surface area contributed by atoms with Crippen LogP contribution in [0.2, 0.25) is 0 Å². The fourth-order valence-electron chi connectivity index (χ4n) is 2.47. The fourth-order valence-corrected chi connectivity index (χ4v) is 4.00. The van der Waals surface area contributed by atoms with Crippen molar-refractivity contribution in [3.05, 3.63) is 59.0 Å². The summed E-state index contributed by atoms with van der Waals surface area (Å²) < 4.78 is 58.5. The van der Waals surface area contributed by atoms with E-state index < -0.39 is 38.3 Å². The second-order valence-corrected chi connectivity index (χ2v) is 9.49. The van der Waals surface area contributed by atoms with Crippen LogP contribution in [-0.2, 0) is 24.4 Å². The van der Waals surface area contributed by atoms with Gasteiger partial charge in [0.2, 0.25) is 11.9 Å². The van der Waals surface area contributed by atoms with Gasteiger partial charge in [-0.1, -0.05) is 6.07 Å². The van der Waals surface area contributed by atoms with Gasteiger partial charge in [0.15, 0.2) is 9.84 Å². The van der Waals surface area contributed by atoms with Crippen LogP contribution in [0.1, 0.15) is 0 Å². The van der Waals surface area contributed by atoms with Gasteiger partial charge in [-0.2, -0.15) is 18.4 Å². The first kappa shape index (κ1) is 23.1. The number of nitrogen functional groups attached to an aromatic ring is 1. The number of anilines is 5. The van der Waals surface area contributed by atoms with E-state index >= 15 is 0 Å². The molecule has 0 radical (unpaired) electrons. The number of hydrogen-bond donors (Lipinski definition) is 5. The molecule has 15 heteroatoms. The molecular formula is C17H18N6O7S2. The number of rotatable bonds is 9. The Bertz CT molecular complexity index is 1370. The second-order valence-electron chi connectivity index (χ2n) is 6.29. The molecule has 0 aliphatic rings. The predicted octanol–water partition coefficient (Wildman–Crippen LogP) is 0.827. The minimum Gasteiger partial charge on any atom is -0.399 e. The molecule has 13 nitrogen and oxygen atoms in total. The van der Waals surface area contributed by atoms with Crippen molar-refractivity contribution < 1.29 is 25.6 Å². The number of aromatic amines is 1. The molecule has 3 aromatic rings. The predicted molar refractivity (Wildman–Crippen MR) is 116 cm³/mol. The number of nitrogens with one attached hydrogen (secondary N) is 3. The molecule has 2 aromatic carbocycles. The zero-order valence-electron chi connectivity index (χ0n) is 16.2. The molecule has 32 heavy (non-hydrogen) atoms. The maximum Gasteiger partial charge on any atom is 0.397 e. The standard InChI is InChI=1S/C17H18N6O7S2/c18-11-4-6-12(7-5-11)19-15-21-16(23-17(24)22-15)20-13-2-1-3-14(10-13)31(25,26)9-8-30-32(27,28)29/h1-7,10H,8-9,18H2,(H,27,28,29)(H3,19,20,21,22,23,24). The molecule has 0 bridgehead atoms. The van der Waals surface area contributed by atoms with Crippen LogP contribution in [0, 0.1) is 0 Å². The molecule has 0 spiro atoms. The van der Waals surface area contributed by atoms with E-state index in [0.717, 1.165) is 0 Å². The minimum absolute atomic E-state index is 0.00722. The molecule has 0 unspecified atom stereocenters. The van der Waals surface area contributed by atoms with Crippen LogP contribution < -0.4 is 22.1 Å². The number of aromatic nitrogens is 3. The Labute approximate surface area is 182 Å². The third-order valence-electron chi connectivity index (χ3n) is 3.86. The summed E-state index contributed by atoms with van der Waals surface area (Å²) in [6.07, 6.45) is 0. The summed E-state index contributed by atoms with van der Waals surface area (Å²) in [5, 5.41) is 5.63. The number of nitrogens with two attached hydrogens (primary N) is 1. The monoisotopic (exact) mass is 482 g/mol. The van der Waals surface area contributed by atoms with Gasteiger partial charge >= 0.3 is 16.1 Å². The van der Waals surface area contributed by atoms with Crippen LogP contribution in [0.5, 0.6) is 0 Å². The van der Waals surface area contributed by atoms with E-state index in [1.54, 1.807) is 24.3 Å². The average Bonchev–Trinajstić information content (AvgIpc) is 2.68. The van der Waals surface area contributed by atoms with Crippen LogP contribution in [-0.4, -0.2) is 48.7 Å². The summed E-state index contributed by atoms with van der Waals surface area (Å²) in [6, 6.07) is 12.2. The lowest BCUT2D eigenvalue weighted by Gasteiger charge is -2.10. The van der Waals surface area contributed by atoms with Crippen molar-refractivity contribution in [3.63, 3.8) is 0 Å². The Morgan fingerprint density at radius 3 is 2.41 bits per heavy atom. The van der Waals surface area contributed by atoms with Crippen molar-refractivity contribution in [2.75, 3.05) is 28.7 Å². The van der Waals surface area contributed by atoms with Crippen molar-refractivity contribution in [3.8, 4) is 0 Å². The maximum absolute atomic E-state index is 12.4. The SMILES string of the molecule is Nc1ccc(Nc2nc(Nc3cccc(S(=O)(=O)CCOS(=O)(=O)O)c3)[nH]c(=O)n2)cc1. The summed E-state index contributed by atoms with van der Waals surface area (Å²) in [6.45, 7) is -0.752. The summed E-state index contributed by atoms with van der Waals surface area (Å²) in [5.41, 5.74) is 6.35. The zero-order valence-corrected chi connectivity index (χ0v) is 17.9. The largest absolute Gasteiger partial charge is 0.399 e. The first-order chi connectivity index (χ1) is 15.0. The van der Waals surface area contributed by atoms with Gasteiger partial charge in [0.1, 0.15) is 0 Å². The third-order valence-corrected chi connectivity index (χ3v) is 6.00. The highest BCUT2D eigenvalue weighted by atomic mass is 32.3. The lowest BCUT2D eigenvalue weighted by molar-refractivity contribution is 0.284. The molecular weight excluding hydrogens is 464 g/mol. The highest BCUT2D eigenvalue weighted by Crippen LogP contribution is 2.20. The molecule has 0 saturated heterocycles. The lowest BCUT2D eigenvalue weighted by Crippen LogP contribution is -2.17. The topological polar surface area (TPSA) is 206 Å². The summed E-state index contributed by atoms with van der Waals surface area (Å²) in [7, 11) is -8.67. The van der Waals surface area contributed by atoms with Crippen LogP contribution in [0.4, 0.5) is 29.0 Å². The van der Waals surface area contributed by atoms with Crippen LogP contribution in [0.15, 0.2) is 58.2 Å². The molecule has 0 aliphatic heterocycles. The Morgan fingerprint density at radius 1 is 1.00 bits per heavy atom. The summed E-state index contributed by atoms with van der Waals surface area (Å²) >= 11 is 0. The molecule has 1 heterocycles. The van der Waals surface area contributed by atoms with Crippen molar-refractivity contribution in [1.82, 2.24) is 15.0 Å². The van der Waals surface area contributed by atoms with E-state index in [1.807, 2.05) is 0 Å². The van der Waals surface area contributed by atoms with Crippen LogP contribution in [0.25, 0.3) is 0 Å². The Kier molecular flexibility index (Phi) is 6.73. The van der Waals surface area contributed by atoms with E-state index in [9.17, 15) is 21.6 Å². The summed E-state index contributed by atoms with van der Waals surface area (Å²) in [5.74, 6) is -0.699. The molecule has 3 rings (SSSR count). The highest BCUT2D eigenvalue weighted by molar-refractivity contribution is 7.91. The number of sulfone groups is 1. The van der Waals surface area contributed by atoms with Gasteiger partial charge in [0.25, 0.3) is 0 Å². The van der Waals surface area contributed by atoms with Gasteiger partial charge in [-0.15, -0.1) is 0 Å². The Hall–Kier alpha value is -3.53.